The first-order valence-electron chi connectivity index (χ1n) is 6.21. The van der Waals surface area contributed by atoms with Gasteiger partial charge < -0.3 is 10.1 Å². The molecule has 0 saturated carbocycles. The minimum atomic E-state index is -0.234. The lowest BCUT2D eigenvalue weighted by Crippen LogP contribution is -2.44. The lowest BCUT2D eigenvalue weighted by Gasteiger charge is -2.23. The summed E-state index contributed by atoms with van der Waals surface area (Å²) in [5.74, 6) is -0.145. The number of ether oxygens (including phenoxy) is 1. The smallest absolute Gasteiger partial charge is 0.310 e. The molecular weight excluding hydrogens is 232 g/mol. The summed E-state index contributed by atoms with van der Waals surface area (Å²) < 4.78 is 4.78. The zero-order valence-electron chi connectivity index (χ0n) is 11.3. The second-order valence-corrected chi connectivity index (χ2v) is 4.77. The summed E-state index contributed by atoms with van der Waals surface area (Å²) in [5.41, 5.74) is 0. The van der Waals surface area contributed by atoms with Crippen LogP contribution in [0, 0.1) is 11.8 Å². The first-order valence-corrected chi connectivity index (χ1v) is 6.21. The molecule has 1 saturated heterocycles. The highest BCUT2D eigenvalue weighted by Crippen LogP contribution is 2.25. The highest BCUT2D eigenvalue weighted by atomic mass is 16.5. The molecule has 0 aliphatic carbocycles. The lowest BCUT2D eigenvalue weighted by atomic mass is 9.99. The summed E-state index contributed by atoms with van der Waals surface area (Å²) in [7, 11) is 1.40. The Morgan fingerprint density at radius 2 is 2.22 bits per heavy atom. The molecule has 102 valence electrons. The predicted molar refractivity (Wildman–Crippen MR) is 68.9 cm³/mol. The van der Waals surface area contributed by atoms with E-state index in [-0.39, 0.29) is 29.8 Å². The van der Waals surface area contributed by atoms with Crippen LogP contribution in [0.1, 0.15) is 13.8 Å². The van der Waals surface area contributed by atoms with Crippen molar-refractivity contribution in [1.29, 1.82) is 0 Å². The number of likely N-dealkylation sites (tertiary alicyclic amines) is 1. The summed E-state index contributed by atoms with van der Waals surface area (Å²) >= 11 is 0. The fourth-order valence-corrected chi connectivity index (χ4v) is 2.27. The SMILES string of the molecule is C=CCNC(=O)C(C)N1CC(C)C(C(=O)OC)C1. The molecule has 0 radical (unpaired) electrons. The highest BCUT2D eigenvalue weighted by Gasteiger charge is 2.38. The van der Waals surface area contributed by atoms with Gasteiger partial charge in [0.05, 0.1) is 19.1 Å². The first-order chi connectivity index (χ1) is 8.51. The molecule has 18 heavy (non-hydrogen) atoms. The Morgan fingerprint density at radius 3 is 2.78 bits per heavy atom. The van der Waals surface area contributed by atoms with E-state index in [9.17, 15) is 9.59 Å². The fourth-order valence-electron chi connectivity index (χ4n) is 2.27. The number of nitrogens with zero attached hydrogens (tertiary/aromatic N) is 1. The molecule has 0 aromatic carbocycles. The largest absolute Gasteiger partial charge is 0.469 e. The van der Waals surface area contributed by atoms with Crippen molar-refractivity contribution < 1.29 is 14.3 Å². The van der Waals surface area contributed by atoms with Crippen LogP contribution in [0.4, 0.5) is 0 Å². The van der Waals surface area contributed by atoms with Crippen LogP contribution in [0.25, 0.3) is 0 Å². The summed E-state index contributed by atoms with van der Waals surface area (Å²) in [6, 6.07) is -0.234. The van der Waals surface area contributed by atoms with Gasteiger partial charge in [-0.25, -0.2) is 0 Å². The molecule has 5 heteroatoms. The Balaban J connectivity index is 2.56. The average Bonchev–Trinajstić information content (AvgIpc) is 2.76. The van der Waals surface area contributed by atoms with Gasteiger partial charge in [0.2, 0.25) is 5.91 Å². The van der Waals surface area contributed by atoms with Crippen molar-refractivity contribution in [1.82, 2.24) is 10.2 Å². The summed E-state index contributed by atoms with van der Waals surface area (Å²) in [6.07, 6.45) is 1.65. The van der Waals surface area contributed by atoms with Crippen molar-refractivity contribution in [3.8, 4) is 0 Å². The number of methoxy groups -OCH3 is 1. The standard InChI is InChI=1S/C13H22N2O3/c1-5-6-14-12(16)10(3)15-7-9(2)11(8-15)13(17)18-4/h5,9-11H,1,6-8H2,2-4H3,(H,14,16). The molecule has 3 unspecified atom stereocenters. The second kappa shape index (κ2) is 6.54. The minimum Gasteiger partial charge on any atom is -0.469 e. The monoisotopic (exact) mass is 254 g/mol. The zero-order valence-corrected chi connectivity index (χ0v) is 11.3. The molecule has 3 atom stereocenters. The number of hydrogen-bond acceptors (Lipinski definition) is 4. The van der Waals surface area contributed by atoms with Crippen molar-refractivity contribution in [2.24, 2.45) is 11.8 Å². The van der Waals surface area contributed by atoms with Crippen molar-refractivity contribution in [2.45, 2.75) is 19.9 Å². The molecule has 0 aromatic rings. The van der Waals surface area contributed by atoms with Gasteiger partial charge in [-0.3, -0.25) is 14.5 Å². The molecular formula is C13H22N2O3. The third-order valence-corrected chi connectivity index (χ3v) is 3.49. The molecule has 1 N–H and O–H groups in total. The predicted octanol–water partition coefficient (Wildman–Crippen LogP) is 0.418. The highest BCUT2D eigenvalue weighted by molar-refractivity contribution is 5.81. The quantitative estimate of drug-likeness (QED) is 0.570. The Morgan fingerprint density at radius 1 is 1.56 bits per heavy atom. The molecule has 1 fully saturated rings. The molecule has 1 heterocycles. The van der Waals surface area contributed by atoms with Gasteiger partial charge >= 0.3 is 5.97 Å². The van der Waals surface area contributed by atoms with E-state index in [0.717, 1.165) is 6.54 Å². The van der Waals surface area contributed by atoms with Crippen molar-refractivity contribution in [3.63, 3.8) is 0 Å². The zero-order chi connectivity index (χ0) is 13.7. The summed E-state index contributed by atoms with van der Waals surface area (Å²) in [5, 5.41) is 2.77. The van der Waals surface area contributed by atoms with Gasteiger partial charge in [0, 0.05) is 19.6 Å². The van der Waals surface area contributed by atoms with Crippen molar-refractivity contribution in [3.05, 3.63) is 12.7 Å². The molecule has 1 aliphatic heterocycles. The third kappa shape index (κ3) is 3.32. The maximum Gasteiger partial charge on any atom is 0.310 e. The van der Waals surface area contributed by atoms with Crippen LogP contribution in [-0.2, 0) is 14.3 Å². The number of rotatable bonds is 5. The van der Waals surface area contributed by atoms with E-state index in [2.05, 4.69) is 11.9 Å². The Labute approximate surface area is 108 Å². The molecule has 0 aromatic heterocycles. The molecule has 5 nitrogen and oxygen atoms in total. The molecule has 0 bridgehead atoms. The second-order valence-electron chi connectivity index (χ2n) is 4.77. The Hall–Kier alpha value is -1.36. The number of esters is 1. The maximum atomic E-state index is 11.8. The van der Waals surface area contributed by atoms with Gasteiger partial charge in [0.1, 0.15) is 0 Å². The van der Waals surface area contributed by atoms with Crippen LogP contribution in [0.3, 0.4) is 0 Å². The van der Waals surface area contributed by atoms with Crippen LogP contribution in [0.2, 0.25) is 0 Å². The first kappa shape index (κ1) is 14.7. The third-order valence-electron chi connectivity index (χ3n) is 3.49. The normalized spacial score (nSPS) is 25.5. The topological polar surface area (TPSA) is 58.6 Å². The Kier molecular flexibility index (Phi) is 5.34. The van der Waals surface area contributed by atoms with Gasteiger partial charge in [-0.05, 0) is 12.8 Å². The van der Waals surface area contributed by atoms with E-state index >= 15 is 0 Å². The van der Waals surface area contributed by atoms with Crippen LogP contribution < -0.4 is 5.32 Å². The van der Waals surface area contributed by atoms with Gasteiger partial charge in [0.25, 0.3) is 0 Å². The number of carbonyl (C=O) groups excluding carboxylic acids is 2. The molecule has 0 spiro atoms. The molecule has 1 aliphatic rings. The van der Waals surface area contributed by atoms with Crippen LogP contribution in [0.15, 0.2) is 12.7 Å². The van der Waals surface area contributed by atoms with Crippen molar-refractivity contribution in [2.75, 3.05) is 26.7 Å². The van der Waals surface area contributed by atoms with E-state index in [0.29, 0.717) is 13.1 Å². The lowest BCUT2D eigenvalue weighted by molar-refractivity contribution is -0.146. The summed E-state index contributed by atoms with van der Waals surface area (Å²) in [4.78, 5) is 25.4. The maximum absolute atomic E-state index is 11.8. The van der Waals surface area contributed by atoms with Gasteiger partial charge in [-0.1, -0.05) is 13.0 Å². The van der Waals surface area contributed by atoms with E-state index in [1.807, 2.05) is 18.7 Å². The number of hydrogen-bond donors (Lipinski definition) is 1. The van der Waals surface area contributed by atoms with Gasteiger partial charge in [-0.2, -0.15) is 0 Å². The number of amides is 1. The van der Waals surface area contributed by atoms with E-state index in [4.69, 9.17) is 4.74 Å². The van der Waals surface area contributed by atoms with E-state index < -0.39 is 0 Å². The minimum absolute atomic E-state index is 0.0346. The fraction of sp³-hybridized carbons (Fsp3) is 0.692. The molecule has 1 rings (SSSR count). The van der Waals surface area contributed by atoms with Crippen LogP contribution in [-0.4, -0.2) is 49.6 Å². The number of nitrogens with one attached hydrogen (secondary N) is 1. The van der Waals surface area contributed by atoms with Crippen LogP contribution in [0.5, 0.6) is 0 Å². The molecule has 1 amide bonds. The van der Waals surface area contributed by atoms with Gasteiger partial charge in [-0.15, -0.1) is 6.58 Å². The number of carbonyl (C=O) groups is 2. The average molecular weight is 254 g/mol. The van der Waals surface area contributed by atoms with E-state index in [1.165, 1.54) is 7.11 Å². The Bertz CT molecular complexity index is 330. The summed E-state index contributed by atoms with van der Waals surface area (Å²) in [6.45, 7) is 9.20. The van der Waals surface area contributed by atoms with Gasteiger partial charge in [0.15, 0.2) is 0 Å². The van der Waals surface area contributed by atoms with E-state index in [1.54, 1.807) is 6.08 Å². The van der Waals surface area contributed by atoms with Crippen molar-refractivity contribution >= 4 is 11.9 Å². The van der Waals surface area contributed by atoms with Crippen LogP contribution >= 0.6 is 0 Å².